The van der Waals surface area contributed by atoms with Gasteiger partial charge in [0, 0.05) is 31.5 Å². The lowest BCUT2D eigenvalue weighted by atomic mass is 10.1. The first-order chi connectivity index (χ1) is 13.5. The number of aryl methyl sites for hydroxylation is 1. The summed E-state index contributed by atoms with van der Waals surface area (Å²) in [7, 11) is -3.54. The van der Waals surface area contributed by atoms with Crippen LogP contribution in [0.4, 0.5) is 0 Å². The Morgan fingerprint density at radius 1 is 0.964 bits per heavy atom. The Bertz CT molecular complexity index is 882. The molecule has 2 saturated heterocycles. The minimum absolute atomic E-state index is 0.250. The molecule has 0 amide bonds. The van der Waals surface area contributed by atoms with Crippen molar-refractivity contribution in [3.05, 3.63) is 65.7 Å². The van der Waals surface area contributed by atoms with Crippen molar-refractivity contribution in [2.45, 2.75) is 43.2 Å². The maximum Gasteiger partial charge on any atom is 0.249 e. The van der Waals surface area contributed by atoms with E-state index in [1.54, 1.807) is 30.3 Å². The molecule has 2 aromatic carbocycles. The predicted octanol–water partition coefficient (Wildman–Crippen LogP) is 3.34. The van der Waals surface area contributed by atoms with Crippen LogP contribution in [-0.2, 0) is 36.0 Å². The lowest BCUT2D eigenvalue weighted by Crippen LogP contribution is -2.51. The standard InChI is InChI=1S/C20H23NO6S/c1-2-16-8-10-17(11-9-16)19-24-26-20(27-25-19)12-14-21(15-13-20)28(22,23)18-6-4-3-5-7-18/h3-11,19H,2,12-15H2,1H3. The van der Waals surface area contributed by atoms with Crippen molar-refractivity contribution in [1.82, 2.24) is 4.31 Å². The summed E-state index contributed by atoms with van der Waals surface area (Å²) < 4.78 is 26.9. The molecule has 0 aliphatic carbocycles. The Morgan fingerprint density at radius 2 is 1.57 bits per heavy atom. The topological polar surface area (TPSA) is 74.3 Å². The summed E-state index contributed by atoms with van der Waals surface area (Å²) in [5, 5.41) is 0. The molecule has 0 unspecified atom stereocenters. The van der Waals surface area contributed by atoms with Crippen molar-refractivity contribution in [2.75, 3.05) is 13.1 Å². The Kier molecular flexibility index (Phi) is 5.50. The van der Waals surface area contributed by atoms with Gasteiger partial charge < -0.3 is 0 Å². The van der Waals surface area contributed by atoms with Crippen molar-refractivity contribution >= 4 is 10.0 Å². The molecule has 2 aromatic rings. The van der Waals surface area contributed by atoms with Crippen LogP contribution in [0.5, 0.6) is 0 Å². The van der Waals surface area contributed by atoms with Crippen LogP contribution in [0.1, 0.15) is 37.2 Å². The van der Waals surface area contributed by atoms with Gasteiger partial charge in [0.25, 0.3) is 0 Å². The van der Waals surface area contributed by atoms with Gasteiger partial charge in [0.1, 0.15) is 0 Å². The second kappa shape index (κ2) is 7.90. The van der Waals surface area contributed by atoms with Gasteiger partial charge in [-0.25, -0.2) is 8.42 Å². The Hall–Kier alpha value is -1.81. The average molecular weight is 405 g/mol. The summed E-state index contributed by atoms with van der Waals surface area (Å²) in [6, 6.07) is 16.2. The van der Waals surface area contributed by atoms with Gasteiger partial charge in [-0.15, -0.1) is 0 Å². The first-order valence-electron chi connectivity index (χ1n) is 9.35. The van der Waals surface area contributed by atoms with Gasteiger partial charge in [0.2, 0.25) is 22.1 Å². The number of nitrogens with zero attached hydrogens (tertiary/aromatic N) is 1. The van der Waals surface area contributed by atoms with Crippen molar-refractivity contribution in [2.24, 2.45) is 0 Å². The van der Waals surface area contributed by atoms with Crippen LogP contribution < -0.4 is 0 Å². The molecule has 2 aliphatic rings. The van der Waals surface area contributed by atoms with Gasteiger partial charge in [0.05, 0.1) is 4.90 Å². The number of benzene rings is 2. The third kappa shape index (κ3) is 3.84. The summed E-state index contributed by atoms with van der Waals surface area (Å²) in [5.41, 5.74) is 2.00. The fourth-order valence-corrected chi connectivity index (χ4v) is 4.75. The summed E-state index contributed by atoms with van der Waals surface area (Å²) in [5.74, 6) is -1.09. The van der Waals surface area contributed by atoms with Crippen LogP contribution in [0.2, 0.25) is 0 Å². The quantitative estimate of drug-likeness (QED) is 0.727. The van der Waals surface area contributed by atoms with E-state index >= 15 is 0 Å². The monoisotopic (exact) mass is 405 g/mol. The average Bonchev–Trinajstić information content (AvgIpc) is 2.75. The summed E-state index contributed by atoms with van der Waals surface area (Å²) in [6.07, 6.45) is 0.786. The zero-order chi connectivity index (χ0) is 19.6. The van der Waals surface area contributed by atoms with Gasteiger partial charge in [-0.1, -0.05) is 49.4 Å². The second-order valence-electron chi connectivity index (χ2n) is 6.91. The molecule has 0 bridgehead atoms. The first-order valence-corrected chi connectivity index (χ1v) is 10.8. The molecule has 0 aromatic heterocycles. The molecule has 2 fully saturated rings. The second-order valence-corrected chi connectivity index (χ2v) is 8.85. The van der Waals surface area contributed by atoms with Gasteiger partial charge in [-0.2, -0.15) is 23.9 Å². The molecule has 1 spiro atoms. The number of hydrogen-bond acceptors (Lipinski definition) is 6. The summed E-state index contributed by atoms with van der Waals surface area (Å²) in [4.78, 5) is 22.2. The fourth-order valence-electron chi connectivity index (χ4n) is 3.29. The maximum absolute atomic E-state index is 12.7. The highest BCUT2D eigenvalue weighted by molar-refractivity contribution is 7.89. The normalized spacial score (nSPS) is 21.0. The van der Waals surface area contributed by atoms with Gasteiger partial charge in [-0.3, -0.25) is 0 Å². The van der Waals surface area contributed by atoms with Gasteiger partial charge >= 0.3 is 0 Å². The SMILES string of the molecule is CCc1ccc(C2OOC3(CCN(S(=O)(=O)c4ccccc4)CC3)OO2)cc1. The zero-order valence-electron chi connectivity index (χ0n) is 15.6. The third-order valence-corrected chi connectivity index (χ3v) is 7.01. The minimum Gasteiger partial charge on any atom is -0.207 e. The van der Waals surface area contributed by atoms with Crippen LogP contribution in [0.15, 0.2) is 59.5 Å². The number of rotatable bonds is 4. The van der Waals surface area contributed by atoms with Crippen LogP contribution in [0.3, 0.4) is 0 Å². The zero-order valence-corrected chi connectivity index (χ0v) is 16.4. The van der Waals surface area contributed by atoms with E-state index < -0.39 is 22.1 Å². The number of hydrogen-bond donors (Lipinski definition) is 0. The van der Waals surface area contributed by atoms with E-state index in [1.807, 2.05) is 24.3 Å². The van der Waals surface area contributed by atoms with E-state index in [0.29, 0.717) is 12.8 Å². The Balaban J connectivity index is 1.36. The molecule has 28 heavy (non-hydrogen) atoms. The molecule has 8 heteroatoms. The molecule has 2 aliphatic heterocycles. The molecule has 0 radical (unpaired) electrons. The molecule has 0 saturated carbocycles. The Labute approximate surface area is 164 Å². The minimum atomic E-state index is -3.54. The lowest BCUT2D eigenvalue weighted by Gasteiger charge is -2.41. The summed E-state index contributed by atoms with van der Waals surface area (Å²) >= 11 is 0. The molecular formula is C20H23NO6S. The molecule has 2 heterocycles. The molecular weight excluding hydrogens is 382 g/mol. The van der Waals surface area contributed by atoms with Crippen LogP contribution in [0.25, 0.3) is 0 Å². The number of piperidine rings is 1. The fraction of sp³-hybridized carbons (Fsp3) is 0.400. The number of sulfonamides is 1. The van der Waals surface area contributed by atoms with E-state index in [1.165, 1.54) is 9.87 Å². The summed E-state index contributed by atoms with van der Waals surface area (Å²) in [6.45, 7) is 2.59. The van der Waals surface area contributed by atoms with Crippen molar-refractivity contribution in [1.29, 1.82) is 0 Å². The van der Waals surface area contributed by atoms with Crippen molar-refractivity contribution in [3.63, 3.8) is 0 Å². The lowest BCUT2D eigenvalue weighted by molar-refractivity contribution is -0.633. The smallest absolute Gasteiger partial charge is 0.207 e. The van der Waals surface area contributed by atoms with E-state index in [9.17, 15) is 8.42 Å². The van der Waals surface area contributed by atoms with E-state index in [4.69, 9.17) is 19.6 Å². The Morgan fingerprint density at radius 3 is 2.14 bits per heavy atom. The van der Waals surface area contributed by atoms with Crippen molar-refractivity contribution in [3.8, 4) is 0 Å². The van der Waals surface area contributed by atoms with E-state index in [-0.39, 0.29) is 18.0 Å². The van der Waals surface area contributed by atoms with Gasteiger partial charge in [-0.05, 0) is 24.1 Å². The largest absolute Gasteiger partial charge is 0.249 e. The predicted molar refractivity (Wildman–Crippen MR) is 100 cm³/mol. The third-order valence-electron chi connectivity index (χ3n) is 5.10. The van der Waals surface area contributed by atoms with E-state index in [0.717, 1.165) is 12.0 Å². The van der Waals surface area contributed by atoms with Gasteiger partial charge in [0.15, 0.2) is 0 Å². The molecule has 150 valence electrons. The highest BCUT2D eigenvalue weighted by Crippen LogP contribution is 2.38. The molecule has 0 N–H and O–H groups in total. The first kappa shape index (κ1) is 19.5. The maximum atomic E-state index is 12.7. The highest BCUT2D eigenvalue weighted by Gasteiger charge is 2.46. The van der Waals surface area contributed by atoms with Crippen LogP contribution in [0, 0.1) is 0 Å². The van der Waals surface area contributed by atoms with Crippen molar-refractivity contribution < 1.29 is 28.0 Å². The van der Waals surface area contributed by atoms with Crippen LogP contribution in [-0.4, -0.2) is 31.6 Å². The molecule has 0 atom stereocenters. The molecule has 7 nitrogen and oxygen atoms in total. The molecule has 4 rings (SSSR count). The van der Waals surface area contributed by atoms with E-state index in [2.05, 4.69) is 6.92 Å². The van der Waals surface area contributed by atoms with Crippen LogP contribution >= 0.6 is 0 Å². The highest BCUT2D eigenvalue weighted by atomic mass is 32.2.